The van der Waals surface area contributed by atoms with Crippen molar-refractivity contribution in [2.75, 3.05) is 54.2 Å². The van der Waals surface area contributed by atoms with Gasteiger partial charge in [-0.3, -0.25) is 4.99 Å². The molecule has 1 unspecified atom stereocenters. The highest BCUT2D eigenvalue weighted by molar-refractivity contribution is 14.0. The van der Waals surface area contributed by atoms with Crippen LogP contribution in [0.4, 0.5) is 0 Å². The van der Waals surface area contributed by atoms with Gasteiger partial charge in [-0.2, -0.15) is 0 Å². The second-order valence-corrected chi connectivity index (χ2v) is 6.24. The molecule has 0 radical (unpaired) electrons. The zero-order chi connectivity index (χ0) is 18.9. The minimum Gasteiger partial charge on any atom is -0.465 e. The molecule has 1 saturated heterocycles. The van der Waals surface area contributed by atoms with E-state index >= 15 is 0 Å². The number of hydrogen-bond donors (Lipinski definition) is 1. The summed E-state index contributed by atoms with van der Waals surface area (Å²) < 4.78 is 21.0. The first kappa shape index (κ1) is 23.7. The van der Waals surface area contributed by atoms with Crippen molar-refractivity contribution in [2.45, 2.75) is 19.9 Å². The Morgan fingerprint density at radius 2 is 2.19 bits per heavy atom. The van der Waals surface area contributed by atoms with Gasteiger partial charge in [0.05, 0.1) is 33.5 Å². The van der Waals surface area contributed by atoms with E-state index in [1.807, 2.05) is 0 Å². The average molecular weight is 495 g/mol. The second kappa shape index (κ2) is 12.2. The molecule has 9 heteroatoms. The van der Waals surface area contributed by atoms with Crippen LogP contribution in [0.2, 0.25) is 0 Å². The van der Waals surface area contributed by atoms with Gasteiger partial charge >= 0.3 is 5.97 Å². The van der Waals surface area contributed by atoms with E-state index in [1.54, 1.807) is 27.1 Å². The van der Waals surface area contributed by atoms with E-state index in [0.29, 0.717) is 42.8 Å². The van der Waals surface area contributed by atoms with Gasteiger partial charge in [0.25, 0.3) is 0 Å². The SMILES string of the molecule is CN=C(NCc1cc(C(=O)OC)c(C)o1)N1CCC(COCCOC)C1.I. The van der Waals surface area contributed by atoms with Gasteiger partial charge in [0, 0.05) is 33.2 Å². The lowest BCUT2D eigenvalue weighted by molar-refractivity contribution is 0.0536. The van der Waals surface area contributed by atoms with E-state index in [1.165, 1.54) is 7.11 Å². The minimum absolute atomic E-state index is 0. The summed E-state index contributed by atoms with van der Waals surface area (Å²) in [6.45, 7) is 6.02. The fourth-order valence-corrected chi connectivity index (χ4v) is 3.00. The molecule has 1 N–H and O–H groups in total. The molecule has 0 aromatic carbocycles. The molecule has 27 heavy (non-hydrogen) atoms. The van der Waals surface area contributed by atoms with Crippen LogP contribution in [-0.4, -0.2) is 71.0 Å². The first-order valence-electron chi connectivity index (χ1n) is 8.79. The Kier molecular flexibility index (Phi) is 10.7. The van der Waals surface area contributed by atoms with Gasteiger partial charge in [-0.15, -0.1) is 24.0 Å². The molecule has 0 aliphatic carbocycles. The van der Waals surface area contributed by atoms with Gasteiger partial charge in [-0.05, 0) is 19.4 Å². The van der Waals surface area contributed by atoms with Crippen molar-refractivity contribution in [1.82, 2.24) is 10.2 Å². The number of ether oxygens (including phenoxy) is 3. The molecule has 8 nitrogen and oxygen atoms in total. The van der Waals surface area contributed by atoms with Gasteiger partial charge in [0.2, 0.25) is 0 Å². The average Bonchev–Trinajstić information content (AvgIpc) is 3.25. The molecule has 0 spiro atoms. The summed E-state index contributed by atoms with van der Waals surface area (Å²) in [5.74, 6) is 2.14. The zero-order valence-electron chi connectivity index (χ0n) is 16.4. The number of esters is 1. The molecule has 0 bridgehead atoms. The highest BCUT2D eigenvalue weighted by atomic mass is 127. The number of carbonyl (C=O) groups excluding carboxylic acids is 1. The summed E-state index contributed by atoms with van der Waals surface area (Å²) in [6.07, 6.45) is 1.07. The lowest BCUT2D eigenvalue weighted by atomic mass is 10.1. The van der Waals surface area contributed by atoms with E-state index < -0.39 is 5.97 Å². The Morgan fingerprint density at radius 1 is 1.41 bits per heavy atom. The van der Waals surface area contributed by atoms with Gasteiger partial charge < -0.3 is 28.8 Å². The van der Waals surface area contributed by atoms with Crippen LogP contribution in [0.25, 0.3) is 0 Å². The summed E-state index contributed by atoms with van der Waals surface area (Å²) in [7, 11) is 4.79. The number of halogens is 1. The number of likely N-dealkylation sites (tertiary alicyclic amines) is 1. The lowest BCUT2D eigenvalue weighted by Crippen LogP contribution is -2.39. The van der Waals surface area contributed by atoms with E-state index in [2.05, 4.69) is 15.2 Å². The van der Waals surface area contributed by atoms with Gasteiger partial charge in [0.15, 0.2) is 5.96 Å². The summed E-state index contributed by atoms with van der Waals surface area (Å²) in [6, 6.07) is 1.71. The Bertz CT molecular complexity index is 620. The number of carbonyl (C=O) groups is 1. The van der Waals surface area contributed by atoms with Crippen molar-refractivity contribution in [3.8, 4) is 0 Å². The predicted molar refractivity (Wildman–Crippen MR) is 113 cm³/mol. The van der Waals surface area contributed by atoms with Crippen LogP contribution in [0.5, 0.6) is 0 Å². The highest BCUT2D eigenvalue weighted by Gasteiger charge is 2.25. The van der Waals surface area contributed by atoms with E-state index in [0.717, 1.165) is 32.1 Å². The molecule has 0 amide bonds. The first-order valence-corrected chi connectivity index (χ1v) is 8.79. The maximum absolute atomic E-state index is 11.7. The van der Waals surface area contributed by atoms with Crippen molar-refractivity contribution in [1.29, 1.82) is 0 Å². The number of aliphatic imine (C=N–C) groups is 1. The lowest BCUT2D eigenvalue weighted by Gasteiger charge is -2.21. The number of hydrogen-bond acceptors (Lipinski definition) is 6. The van der Waals surface area contributed by atoms with Crippen LogP contribution >= 0.6 is 24.0 Å². The topological polar surface area (TPSA) is 85.5 Å². The third-order valence-corrected chi connectivity index (χ3v) is 4.38. The normalized spacial score (nSPS) is 17.0. The van der Waals surface area contributed by atoms with Crippen molar-refractivity contribution >= 4 is 35.9 Å². The largest absolute Gasteiger partial charge is 0.465 e. The number of aryl methyl sites for hydroxylation is 1. The van der Waals surface area contributed by atoms with Crippen LogP contribution < -0.4 is 5.32 Å². The molecule has 1 aliphatic rings. The Morgan fingerprint density at radius 3 is 2.85 bits per heavy atom. The van der Waals surface area contributed by atoms with Crippen LogP contribution in [0, 0.1) is 12.8 Å². The Labute approximate surface area is 177 Å². The quantitative estimate of drug-likeness (QED) is 0.194. The zero-order valence-corrected chi connectivity index (χ0v) is 18.8. The maximum atomic E-state index is 11.7. The summed E-state index contributed by atoms with van der Waals surface area (Å²) >= 11 is 0. The molecular formula is C18H30IN3O5. The smallest absolute Gasteiger partial charge is 0.341 e. The summed E-state index contributed by atoms with van der Waals surface area (Å²) in [4.78, 5) is 18.2. The molecule has 154 valence electrons. The van der Waals surface area contributed by atoms with Crippen molar-refractivity contribution in [3.05, 3.63) is 23.2 Å². The maximum Gasteiger partial charge on any atom is 0.341 e. The number of rotatable bonds is 8. The third-order valence-electron chi connectivity index (χ3n) is 4.38. The molecule has 1 atom stereocenters. The van der Waals surface area contributed by atoms with Crippen molar-refractivity contribution < 1.29 is 23.4 Å². The highest BCUT2D eigenvalue weighted by Crippen LogP contribution is 2.18. The van der Waals surface area contributed by atoms with E-state index in [-0.39, 0.29) is 24.0 Å². The molecule has 1 aromatic heterocycles. The van der Waals surface area contributed by atoms with Gasteiger partial charge in [-0.1, -0.05) is 0 Å². The molecule has 2 rings (SSSR count). The van der Waals surface area contributed by atoms with Crippen LogP contribution in [-0.2, 0) is 20.8 Å². The fourth-order valence-electron chi connectivity index (χ4n) is 3.00. The molecule has 1 aliphatic heterocycles. The predicted octanol–water partition coefficient (Wildman–Crippen LogP) is 2.05. The number of nitrogens with zero attached hydrogens (tertiary/aromatic N) is 2. The van der Waals surface area contributed by atoms with Crippen molar-refractivity contribution in [3.63, 3.8) is 0 Å². The molecule has 0 saturated carbocycles. The van der Waals surface area contributed by atoms with Crippen LogP contribution in [0.1, 0.15) is 28.3 Å². The standard InChI is InChI=1S/C18H29N3O5.HI/c1-13-16(17(22)24-4)9-15(26-13)10-20-18(19-2)21-6-5-14(11-21)12-25-8-7-23-3;/h9,14H,5-8,10-12H2,1-4H3,(H,19,20);1H. The monoisotopic (exact) mass is 495 g/mol. The Balaban J connectivity index is 0.00000364. The first-order chi connectivity index (χ1) is 12.6. The number of guanidine groups is 1. The molecule has 1 aromatic rings. The third kappa shape index (κ3) is 6.96. The van der Waals surface area contributed by atoms with Crippen molar-refractivity contribution in [2.24, 2.45) is 10.9 Å². The second-order valence-electron chi connectivity index (χ2n) is 6.24. The summed E-state index contributed by atoms with van der Waals surface area (Å²) in [5.41, 5.74) is 0.453. The molecular weight excluding hydrogens is 465 g/mol. The number of furan rings is 1. The number of methoxy groups -OCH3 is 2. The van der Waals surface area contributed by atoms with Gasteiger partial charge in [-0.25, -0.2) is 4.79 Å². The fraction of sp³-hybridized carbons (Fsp3) is 0.667. The van der Waals surface area contributed by atoms with E-state index in [9.17, 15) is 4.79 Å². The number of nitrogens with one attached hydrogen (secondary N) is 1. The summed E-state index contributed by atoms with van der Waals surface area (Å²) in [5, 5.41) is 3.29. The van der Waals surface area contributed by atoms with E-state index in [4.69, 9.17) is 18.6 Å². The molecule has 1 fully saturated rings. The minimum atomic E-state index is -0.391. The van der Waals surface area contributed by atoms with Crippen LogP contribution in [0.15, 0.2) is 15.5 Å². The van der Waals surface area contributed by atoms with Gasteiger partial charge in [0.1, 0.15) is 17.1 Å². The Hall–Kier alpha value is -1.33. The molecule has 2 heterocycles. The van der Waals surface area contributed by atoms with Crippen LogP contribution in [0.3, 0.4) is 0 Å².